The summed E-state index contributed by atoms with van der Waals surface area (Å²) in [5, 5.41) is 0.482. The Balaban J connectivity index is 2.29. The third kappa shape index (κ3) is 1.66. The first kappa shape index (κ1) is 11.2. The molecule has 0 amide bonds. The highest BCUT2D eigenvalue weighted by Crippen LogP contribution is 2.12. The fourth-order valence-corrected chi connectivity index (χ4v) is 2.05. The van der Waals surface area contributed by atoms with E-state index in [4.69, 9.17) is 28.2 Å². The normalized spacial score (nSPS) is 10.9. The first-order valence-electron chi connectivity index (χ1n) is 5.02. The lowest BCUT2D eigenvalue weighted by molar-refractivity contribution is 0.0910. The van der Waals surface area contributed by atoms with Gasteiger partial charge in [-0.05, 0) is 36.5 Å². The summed E-state index contributed by atoms with van der Waals surface area (Å²) in [5.41, 5.74) is 0.546. The Hall–Kier alpha value is -1.92. The molecule has 0 aliphatic rings. The quantitative estimate of drug-likeness (QED) is 0.643. The van der Waals surface area contributed by atoms with Gasteiger partial charge in [0.15, 0.2) is 11.4 Å². The highest BCUT2D eigenvalue weighted by Gasteiger charge is 2.16. The molecule has 0 aliphatic heterocycles. The van der Waals surface area contributed by atoms with Crippen molar-refractivity contribution in [2.45, 2.75) is 0 Å². The number of nitrogens with zero attached hydrogens (tertiary/aromatic N) is 3. The van der Waals surface area contributed by atoms with Gasteiger partial charge in [-0.3, -0.25) is 4.79 Å². The lowest BCUT2D eigenvalue weighted by Gasteiger charge is -2.02. The molecule has 3 rings (SSSR count). The molecule has 0 aliphatic carbocycles. The number of rotatable bonds is 1. The molecule has 3 aromatic rings. The van der Waals surface area contributed by atoms with Crippen molar-refractivity contribution in [3.8, 4) is 0 Å². The van der Waals surface area contributed by atoms with E-state index in [1.807, 2.05) is 0 Å². The molecule has 0 saturated heterocycles. The van der Waals surface area contributed by atoms with E-state index >= 15 is 0 Å². The maximum absolute atomic E-state index is 12.2. The van der Waals surface area contributed by atoms with E-state index in [1.165, 1.54) is 15.5 Å². The average molecular weight is 280 g/mol. The predicted molar refractivity (Wildman–Crippen MR) is 67.5 cm³/mol. The van der Waals surface area contributed by atoms with Crippen LogP contribution in [0.25, 0.3) is 5.65 Å². The third-order valence-electron chi connectivity index (χ3n) is 2.40. The number of hydrogen-bond acceptors (Lipinski definition) is 4. The van der Waals surface area contributed by atoms with Crippen LogP contribution in [0.2, 0.25) is 5.02 Å². The van der Waals surface area contributed by atoms with Gasteiger partial charge in [0.2, 0.25) is 4.77 Å². The van der Waals surface area contributed by atoms with Crippen LogP contribution in [0.5, 0.6) is 0 Å². The van der Waals surface area contributed by atoms with E-state index in [2.05, 4.69) is 4.98 Å². The fourth-order valence-electron chi connectivity index (χ4n) is 1.63. The fraction of sp³-hybridized carbons (Fsp3) is 0. The number of carbonyl (C=O) groups is 1. The van der Waals surface area contributed by atoms with Gasteiger partial charge in [-0.1, -0.05) is 11.6 Å². The van der Waals surface area contributed by atoms with Crippen LogP contribution in [0.15, 0.2) is 41.1 Å². The summed E-state index contributed by atoms with van der Waals surface area (Å²) < 4.78 is 7.94. The second-order valence-electron chi connectivity index (χ2n) is 3.54. The number of furan rings is 1. The van der Waals surface area contributed by atoms with Crippen molar-refractivity contribution in [1.29, 1.82) is 0 Å². The number of fused-ring (bicyclic) bond motifs is 1. The molecule has 0 radical (unpaired) electrons. The smallest absolute Gasteiger partial charge is 0.315 e. The molecule has 3 heterocycles. The first-order chi connectivity index (χ1) is 8.66. The Bertz CT molecular complexity index is 788. The van der Waals surface area contributed by atoms with Gasteiger partial charge >= 0.3 is 5.91 Å². The van der Waals surface area contributed by atoms with Crippen LogP contribution in [-0.2, 0) is 0 Å². The zero-order valence-corrected chi connectivity index (χ0v) is 10.5. The number of carbonyl (C=O) groups excluding carboxylic acids is 1. The summed E-state index contributed by atoms with van der Waals surface area (Å²) >= 11 is 11.0. The van der Waals surface area contributed by atoms with Crippen molar-refractivity contribution < 1.29 is 9.21 Å². The van der Waals surface area contributed by atoms with Crippen LogP contribution < -0.4 is 0 Å². The Kier molecular flexibility index (Phi) is 2.53. The van der Waals surface area contributed by atoms with Gasteiger partial charge in [0.1, 0.15) is 0 Å². The topological polar surface area (TPSA) is 52.4 Å². The van der Waals surface area contributed by atoms with E-state index in [1.54, 1.807) is 30.5 Å². The molecule has 90 valence electrons. The maximum Gasteiger partial charge on any atom is 0.315 e. The second-order valence-corrected chi connectivity index (χ2v) is 4.34. The summed E-state index contributed by atoms with van der Waals surface area (Å²) in [4.78, 5) is 16.3. The van der Waals surface area contributed by atoms with Gasteiger partial charge in [0.25, 0.3) is 0 Å². The van der Waals surface area contributed by atoms with Crippen LogP contribution in [0.4, 0.5) is 0 Å². The first-order valence-corrected chi connectivity index (χ1v) is 5.80. The highest BCUT2D eigenvalue weighted by molar-refractivity contribution is 7.71. The van der Waals surface area contributed by atoms with E-state index < -0.39 is 0 Å². The summed E-state index contributed by atoms with van der Waals surface area (Å²) in [5.74, 6) is -0.201. The van der Waals surface area contributed by atoms with Gasteiger partial charge in [0.05, 0.1) is 11.3 Å². The van der Waals surface area contributed by atoms with Gasteiger partial charge < -0.3 is 4.42 Å². The highest BCUT2D eigenvalue weighted by atomic mass is 35.5. The molecule has 5 nitrogen and oxygen atoms in total. The third-order valence-corrected chi connectivity index (χ3v) is 2.89. The number of hydrogen-bond donors (Lipinski definition) is 0. The van der Waals surface area contributed by atoms with Gasteiger partial charge in [-0.25, -0.2) is 4.52 Å². The molecule has 7 heteroatoms. The lowest BCUT2D eigenvalue weighted by Crippen LogP contribution is -2.16. The van der Waals surface area contributed by atoms with E-state index in [0.29, 0.717) is 10.7 Å². The van der Waals surface area contributed by atoms with Crippen LogP contribution in [0.3, 0.4) is 0 Å². The van der Waals surface area contributed by atoms with Crippen LogP contribution in [0, 0.1) is 4.77 Å². The maximum atomic E-state index is 12.2. The number of halogens is 1. The molecule has 0 N–H and O–H groups in total. The zero-order chi connectivity index (χ0) is 12.7. The Morgan fingerprint density at radius 3 is 2.94 bits per heavy atom. The molecule has 0 atom stereocenters. The molecule has 18 heavy (non-hydrogen) atoms. The average Bonchev–Trinajstić information content (AvgIpc) is 2.94. The van der Waals surface area contributed by atoms with E-state index in [0.717, 1.165) is 0 Å². The van der Waals surface area contributed by atoms with Crippen molar-refractivity contribution in [3.05, 3.63) is 52.3 Å². The molecule has 0 saturated carbocycles. The van der Waals surface area contributed by atoms with Crippen LogP contribution in [-0.4, -0.2) is 20.1 Å². The number of aromatic nitrogens is 3. The minimum atomic E-state index is -0.389. The van der Waals surface area contributed by atoms with Crippen molar-refractivity contribution in [2.24, 2.45) is 0 Å². The van der Waals surface area contributed by atoms with E-state index in [9.17, 15) is 4.79 Å². The molecule has 0 bridgehead atoms. The number of pyridine rings is 1. The monoisotopic (exact) mass is 279 g/mol. The van der Waals surface area contributed by atoms with Crippen LogP contribution in [0.1, 0.15) is 10.6 Å². The Morgan fingerprint density at radius 2 is 2.22 bits per heavy atom. The lowest BCUT2D eigenvalue weighted by atomic mass is 10.4. The van der Waals surface area contributed by atoms with Gasteiger partial charge in [0, 0.05) is 6.20 Å². The predicted octanol–water partition coefficient (Wildman–Crippen LogP) is 2.80. The van der Waals surface area contributed by atoms with Crippen LogP contribution >= 0.6 is 23.8 Å². The summed E-state index contributed by atoms with van der Waals surface area (Å²) in [7, 11) is 0. The molecule has 0 fully saturated rings. The minimum absolute atomic E-state index is 0.152. The Morgan fingerprint density at radius 1 is 1.39 bits per heavy atom. The zero-order valence-electron chi connectivity index (χ0n) is 8.91. The van der Waals surface area contributed by atoms with Crippen molar-refractivity contribution in [3.63, 3.8) is 0 Å². The van der Waals surface area contributed by atoms with Crippen molar-refractivity contribution in [1.82, 2.24) is 14.2 Å². The van der Waals surface area contributed by atoms with Gasteiger partial charge in [-0.2, -0.15) is 9.67 Å². The standard InChI is InChI=1S/C11H6ClN3O2S/c12-7-3-4-9-13-11(18)15(14(9)6-7)10(16)8-2-1-5-17-8/h1-6H. The second kappa shape index (κ2) is 4.08. The molecule has 0 spiro atoms. The summed E-state index contributed by atoms with van der Waals surface area (Å²) in [6.07, 6.45) is 2.99. The van der Waals surface area contributed by atoms with Crippen molar-refractivity contribution >= 4 is 35.4 Å². The largest absolute Gasteiger partial charge is 0.459 e. The van der Waals surface area contributed by atoms with Gasteiger partial charge in [-0.15, -0.1) is 0 Å². The summed E-state index contributed by atoms with van der Waals surface area (Å²) in [6, 6.07) is 6.56. The Labute approximate surface area is 111 Å². The minimum Gasteiger partial charge on any atom is -0.459 e. The molecule has 0 aromatic carbocycles. The SMILES string of the molecule is O=C(c1ccco1)n1c(=S)nc2ccc(Cl)cn21. The molecule has 0 unspecified atom stereocenters. The van der Waals surface area contributed by atoms with E-state index in [-0.39, 0.29) is 16.4 Å². The summed E-state index contributed by atoms with van der Waals surface area (Å²) in [6.45, 7) is 0. The molecule has 3 aromatic heterocycles. The molecular weight excluding hydrogens is 274 g/mol. The van der Waals surface area contributed by atoms with Crippen molar-refractivity contribution in [2.75, 3.05) is 0 Å². The molecular formula is C11H6ClN3O2S.